The minimum Gasteiger partial charge on any atom is -0.494 e. The third-order valence-corrected chi connectivity index (χ3v) is 5.66. The Bertz CT molecular complexity index is 1310. The van der Waals surface area contributed by atoms with Gasteiger partial charge in [0.1, 0.15) is 40.2 Å². The molecule has 1 unspecified atom stereocenters. The van der Waals surface area contributed by atoms with Crippen LogP contribution in [0.3, 0.4) is 0 Å². The van der Waals surface area contributed by atoms with Crippen LogP contribution in [0.15, 0.2) is 78.2 Å². The molecule has 0 spiro atoms. The van der Waals surface area contributed by atoms with Crippen molar-refractivity contribution in [3.8, 4) is 29.1 Å². The Balaban J connectivity index is 1.61. The highest BCUT2D eigenvalue weighted by Gasteiger charge is 2.31. The molecule has 0 saturated carbocycles. The Morgan fingerprint density at radius 3 is 2.39 bits per heavy atom. The number of carbonyl (C=O) groups is 1. The van der Waals surface area contributed by atoms with E-state index in [0.29, 0.717) is 41.6 Å². The molecule has 4 rings (SSSR count). The average molecular weight is 485 g/mol. The van der Waals surface area contributed by atoms with Crippen LogP contribution in [0.4, 0.5) is 0 Å². The standard InChI is InChI=1S/C29H28N2O5/c1-3-15-33-20-11-9-19(10-12-20)27-22-14-13-21(17-26(22)36-28(31)24(27)18-30)35-29(32)23-7-5-6-8-25(23)34-16-4-2/h5-14,17,27H,3-4,15-16,31H2,1-2H3. The van der Waals surface area contributed by atoms with Crippen LogP contribution >= 0.6 is 0 Å². The van der Waals surface area contributed by atoms with Gasteiger partial charge in [-0.3, -0.25) is 0 Å². The van der Waals surface area contributed by atoms with Crippen LogP contribution in [-0.4, -0.2) is 19.2 Å². The van der Waals surface area contributed by atoms with Crippen LogP contribution in [0, 0.1) is 11.3 Å². The summed E-state index contributed by atoms with van der Waals surface area (Å²) in [6.07, 6.45) is 1.73. The molecule has 36 heavy (non-hydrogen) atoms. The van der Waals surface area contributed by atoms with Gasteiger partial charge in [0, 0.05) is 11.6 Å². The molecule has 0 saturated heterocycles. The summed E-state index contributed by atoms with van der Waals surface area (Å²) in [7, 11) is 0. The first-order valence-electron chi connectivity index (χ1n) is 11.9. The Morgan fingerprint density at radius 1 is 0.972 bits per heavy atom. The van der Waals surface area contributed by atoms with Gasteiger partial charge in [-0.2, -0.15) is 5.26 Å². The number of nitrogens with two attached hydrogens (primary N) is 1. The van der Waals surface area contributed by atoms with Crippen molar-refractivity contribution >= 4 is 5.97 Å². The number of hydrogen-bond acceptors (Lipinski definition) is 7. The minimum absolute atomic E-state index is 0.0168. The number of fused-ring (bicyclic) bond motifs is 1. The fraction of sp³-hybridized carbons (Fsp3) is 0.241. The highest BCUT2D eigenvalue weighted by molar-refractivity contribution is 5.94. The van der Waals surface area contributed by atoms with Gasteiger partial charge in [0.15, 0.2) is 0 Å². The number of para-hydroxylation sites is 1. The Morgan fingerprint density at radius 2 is 1.67 bits per heavy atom. The van der Waals surface area contributed by atoms with E-state index in [1.165, 1.54) is 0 Å². The molecule has 7 nitrogen and oxygen atoms in total. The van der Waals surface area contributed by atoms with Crippen LogP contribution in [0.1, 0.15) is 54.1 Å². The number of rotatable bonds is 9. The third-order valence-electron chi connectivity index (χ3n) is 5.66. The summed E-state index contributed by atoms with van der Waals surface area (Å²) in [5.41, 5.74) is 8.39. The molecular formula is C29H28N2O5. The lowest BCUT2D eigenvalue weighted by Gasteiger charge is -2.27. The molecule has 0 aromatic heterocycles. The van der Waals surface area contributed by atoms with Crippen molar-refractivity contribution in [3.05, 3.63) is 94.9 Å². The normalized spacial score (nSPS) is 14.3. The molecule has 0 amide bonds. The summed E-state index contributed by atoms with van der Waals surface area (Å²) < 4.78 is 22.8. The molecule has 3 aromatic rings. The maximum Gasteiger partial charge on any atom is 0.347 e. The zero-order chi connectivity index (χ0) is 25.5. The van der Waals surface area contributed by atoms with Crippen LogP contribution < -0.4 is 24.7 Å². The smallest absolute Gasteiger partial charge is 0.347 e. The molecule has 0 fully saturated rings. The maximum atomic E-state index is 12.9. The van der Waals surface area contributed by atoms with Gasteiger partial charge in [0.2, 0.25) is 5.88 Å². The van der Waals surface area contributed by atoms with Gasteiger partial charge in [-0.25, -0.2) is 4.79 Å². The molecule has 1 aliphatic heterocycles. The monoisotopic (exact) mass is 484 g/mol. The lowest BCUT2D eigenvalue weighted by molar-refractivity contribution is 0.0730. The van der Waals surface area contributed by atoms with E-state index in [1.54, 1.807) is 42.5 Å². The molecule has 1 aliphatic rings. The lowest BCUT2D eigenvalue weighted by atomic mass is 9.83. The van der Waals surface area contributed by atoms with Crippen molar-refractivity contribution in [2.24, 2.45) is 5.73 Å². The van der Waals surface area contributed by atoms with E-state index in [1.807, 2.05) is 38.1 Å². The molecule has 0 bridgehead atoms. The van der Waals surface area contributed by atoms with Gasteiger partial charge in [-0.1, -0.05) is 44.2 Å². The first kappa shape index (κ1) is 24.7. The largest absolute Gasteiger partial charge is 0.494 e. The fourth-order valence-corrected chi connectivity index (χ4v) is 3.95. The third kappa shape index (κ3) is 5.28. The minimum atomic E-state index is -0.544. The quantitative estimate of drug-likeness (QED) is 0.307. The van der Waals surface area contributed by atoms with E-state index in [2.05, 4.69) is 6.07 Å². The van der Waals surface area contributed by atoms with E-state index < -0.39 is 11.9 Å². The second-order valence-corrected chi connectivity index (χ2v) is 8.28. The van der Waals surface area contributed by atoms with Crippen LogP contribution in [0.2, 0.25) is 0 Å². The lowest BCUT2D eigenvalue weighted by Crippen LogP contribution is -2.21. The molecular weight excluding hydrogens is 456 g/mol. The van der Waals surface area contributed by atoms with E-state index in [4.69, 9.17) is 24.7 Å². The van der Waals surface area contributed by atoms with Crippen LogP contribution in [0.25, 0.3) is 0 Å². The number of nitriles is 1. The topological polar surface area (TPSA) is 104 Å². The molecule has 0 radical (unpaired) electrons. The number of esters is 1. The van der Waals surface area contributed by atoms with Crippen LogP contribution in [0.5, 0.6) is 23.0 Å². The van der Waals surface area contributed by atoms with Crippen LogP contribution in [-0.2, 0) is 0 Å². The number of hydrogen-bond donors (Lipinski definition) is 1. The Labute approximate surface area is 210 Å². The summed E-state index contributed by atoms with van der Waals surface area (Å²) in [5.74, 6) is 0.987. The van der Waals surface area contributed by atoms with Gasteiger partial charge in [0.05, 0.1) is 19.1 Å². The molecule has 1 heterocycles. The van der Waals surface area contributed by atoms with Crippen molar-refractivity contribution < 1.29 is 23.7 Å². The number of carbonyl (C=O) groups excluding carboxylic acids is 1. The van der Waals surface area contributed by atoms with E-state index in [9.17, 15) is 10.1 Å². The summed E-state index contributed by atoms with van der Waals surface area (Å²) >= 11 is 0. The van der Waals surface area contributed by atoms with Crippen molar-refractivity contribution in [3.63, 3.8) is 0 Å². The molecule has 1 atom stereocenters. The number of allylic oxidation sites excluding steroid dienone is 1. The second kappa shape index (κ2) is 11.3. The Kier molecular flexibility index (Phi) is 7.76. The van der Waals surface area contributed by atoms with E-state index >= 15 is 0 Å². The molecule has 2 N–H and O–H groups in total. The molecule has 3 aromatic carbocycles. The fourth-order valence-electron chi connectivity index (χ4n) is 3.95. The molecule has 7 heteroatoms. The first-order chi connectivity index (χ1) is 17.5. The van der Waals surface area contributed by atoms with E-state index in [-0.39, 0.29) is 5.88 Å². The highest BCUT2D eigenvalue weighted by atomic mass is 16.5. The van der Waals surface area contributed by atoms with Crippen molar-refractivity contribution in [2.75, 3.05) is 13.2 Å². The van der Waals surface area contributed by atoms with Gasteiger partial charge >= 0.3 is 5.97 Å². The summed E-state index contributed by atoms with van der Waals surface area (Å²) in [6.45, 7) is 5.17. The second-order valence-electron chi connectivity index (χ2n) is 8.28. The molecule has 0 aliphatic carbocycles. The number of ether oxygens (including phenoxy) is 4. The zero-order valence-corrected chi connectivity index (χ0v) is 20.3. The number of benzene rings is 3. The van der Waals surface area contributed by atoms with Gasteiger partial charge in [-0.05, 0) is 48.7 Å². The predicted octanol–water partition coefficient (Wildman–Crippen LogP) is 5.70. The average Bonchev–Trinajstić information content (AvgIpc) is 2.90. The Hall–Kier alpha value is -4.44. The summed E-state index contributed by atoms with van der Waals surface area (Å²) in [6, 6.07) is 21.8. The van der Waals surface area contributed by atoms with Gasteiger partial charge in [0.25, 0.3) is 0 Å². The summed E-state index contributed by atoms with van der Waals surface area (Å²) in [5, 5.41) is 9.80. The maximum absolute atomic E-state index is 12.9. The summed E-state index contributed by atoms with van der Waals surface area (Å²) in [4.78, 5) is 12.9. The zero-order valence-electron chi connectivity index (χ0n) is 20.3. The molecule has 184 valence electrons. The van der Waals surface area contributed by atoms with Crippen molar-refractivity contribution in [1.29, 1.82) is 5.26 Å². The first-order valence-corrected chi connectivity index (χ1v) is 11.9. The predicted molar refractivity (Wildman–Crippen MR) is 135 cm³/mol. The van der Waals surface area contributed by atoms with Crippen molar-refractivity contribution in [2.45, 2.75) is 32.6 Å². The SMILES string of the molecule is CCCOc1ccc(C2C(C#N)=C(N)Oc3cc(OC(=O)c4ccccc4OCCC)ccc32)cc1. The van der Waals surface area contributed by atoms with Crippen molar-refractivity contribution in [1.82, 2.24) is 0 Å². The van der Waals surface area contributed by atoms with Gasteiger partial charge in [-0.15, -0.1) is 0 Å². The van der Waals surface area contributed by atoms with Gasteiger partial charge < -0.3 is 24.7 Å². The van der Waals surface area contributed by atoms with E-state index in [0.717, 1.165) is 29.7 Å². The number of nitrogens with zero attached hydrogens (tertiary/aromatic N) is 1. The highest BCUT2D eigenvalue weighted by Crippen LogP contribution is 2.43.